The van der Waals surface area contributed by atoms with Gasteiger partial charge < -0.3 is 18.9 Å². The molecule has 2 heterocycles. The number of rotatable bonds is 8. The SMILES string of the molecule is CCC#CCC(C)(C)[C@H](OC1CCCCO1)C(Br)=C[C@H]1[C@H]2CC(=O)C[C@H]2C[C@H]1OC1CCCCO1. The molecule has 6 heteroatoms. The first kappa shape index (κ1) is 27.3. The third-order valence-electron chi connectivity index (χ3n) is 8.07. The Balaban J connectivity index is 1.56. The van der Waals surface area contributed by atoms with E-state index in [2.05, 4.69) is 54.6 Å². The molecule has 5 nitrogen and oxygen atoms in total. The van der Waals surface area contributed by atoms with E-state index in [0.29, 0.717) is 30.5 Å². The molecule has 4 rings (SSSR count). The maximum atomic E-state index is 12.3. The number of hydrogen-bond donors (Lipinski definition) is 0. The van der Waals surface area contributed by atoms with Crippen LogP contribution in [0, 0.1) is 35.0 Å². The fourth-order valence-corrected chi connectivity index (χ4v) is 7.19. The van der Waals surface area contributed by atoms with E-state index in [-0.39, 0.29) is 36.1 Å². The molecule has 2 saturated heterocycles. The van der Waals surface area contributed by atoms with E-state index in [1.54, 1.807) is 0 Å². The Hall–Kier alpha value is -0.710. The second kappa shape index (κ2) is 12.7. The first-order chi connectivity index (χ1) is 16.9. The van der Waals surface area contributed by atoms with Crippen LogP contribution in [-0.4, -0.2) is 43.8 Å². The van der Waals surface area contributed by atoms with Crippen LogP contribution in [0.1, 0.15) is 91.4 Å². The lowest BCUT2D eigenvalue weighted by Gasteiger charge is -2.37. The molecule has 196 valence electrons. The van der Waals surface area contributed by atoms with Gasteiger partial charge in [-0.3, -0.25) is 4.79 Å². The lowest BCUT2D eigenvalue weighted by Crippen LogP contribution is -2.38. The first-order valence-corrected chi connectivity index (χ1v) is 14.6. The van der Waals surface area contributed by atoms with Crippen molar-refractivity contribution in [3.8, 4) is 11.8 Å². The molecule has 0 aromatic rings. The summed E-state index contributed by atoms with van der Waals surface area (Å²) in [6.07, 6.45) is 12.1. The summed E-state index contributed by atoms with van der Waals surface area (Å²) in [7, 11) is 0. The summed E-state index contributed by atoms with van der Waals surface area (Å²) in [6, 6.07) is 0. The quantitative estimate of drug-likeness (QED) is 0.321. The average Bonchev–Trinajstić information content (AvgIpc) is 3.35. The molecule has 0 radical (unpaired) electrons. The van der Waals surface area contributed by atoms with Crippen LogP contribution in [0.2, 0.25) is 0 Å². The second-order valence-electron chi connectivity index (χ2n) is 11.4. The number of Topliss-reactive ketones (excluding diaryl/α,β-unsaturated/α-hetero) is 1. The van der Waals surface area contributed by atoms with Crippen LogP contribution in [0.15, 0.2) is 10.6 Å². The number of carbonyl (C=O) groups excluding carboxylic acids is 1. The van der Waals surface area contributed by atoms with Gasteiger partial charge >= 0.3 is 0 Å². The van der Waals surface area contributed by atoms with E-state index < -0.39 is 0 Å². The summed E-state index contributed by atoms with van der Waals surface area (Å²) < 4.78 is 26.1. The van der Waals surface area contributed by atoms with Gasteiger partial charge in [0, 0.05) is 54.7 Å². The normalized spacial score (nSPS) is 34.9. The molecule has 0 amide bonds. The molecule has 2 aliphatic carbocycles. The summed E-state index contributed by atoms with van der Waals surface area (Å²) in [5.41, 5.74) is -0.204. The zero-order valence-electron chi connectivity index (χ0n) is 21.7. The highest BCUT2D eigenvalue weighted by atomic mass is 79.9. The van der Waals surface area contributed by atoms with Gasteiger partial charge in [0.1, 0.15) is 5.78 Å². The third kappa shape index (κ3) is 7.20. The van der Waals surface area contributed by atoms with Crippen LogP contribution in [0.3, 0.4) is 0 Å². The molecule has 2 saturated carbocycles. The number of halogens is 1. The Kier molecular flexibility index (Phi) is 9.91. The molecule has 2 unspecified atom stereocenters. The van der Waals surface area contributed by atoms with Gasteiger partial charge in [-0.05, 0) is 56.8 Å². The maximum Gasteiger partial charge on any atom is 0.158 e. The highest BCUT2D eigenvalue weighted by Crippen LogP contribution is 2.50. The van der Waals surface area contributed by atoms with Crippen molar-refractivity contribution in [2.45, 2.75) is 116 Å². The number of carbonyl (C=O) groups is 1. The van der Waals surface area contributed by atoms with Crippen molar-refractivity contribution < 1.29 is 23.7 Å². The Bertz CT molecular complexity index is 800. The van der Waals surface area contributed by atoms with E-state index in [4.69, 9.17) is 18.9 Å². The largest absolute Gasteiger partial charge is 0.353 e. The Morgan fingerprint density at radius 1 is 1.11 bits per heavy atom. The summed E-state index contributed by atoms with van der Waals surface area (Å²) in [5, 5.41) is 0. The molecule has 0 aromatic heterocycles. The van der Waals surface area contributed by atoms with Crippen molar-refractivity contribution in [3.05, 3.63) is 10.6 Å². The van der Waals surface area contributed by atoms with Gasteiger partial charge in [-0.25, -0.2) is 0 Å². The lowest BCUT2D eigenvalue weighted by molar-refractivity contribution is -0.198. The molecule has 4 fully saturated rings. The fraction of sp³-hybridized carbons (Fsp3) is 0.828. The van der Waals surface area contributed by atoms with Crippen molar-refractivity contribution in [3.63, 3.8) is 0 Å². The average molecular weight is 552 g/mol. The van der Waals surface area contributed by atoms with E-state index in [9.17, 15) is 4.79 Å². The third-order valence-corrected chi connectivity index (χ3v) is 8.75. The number of fused-ring (bicyclic) bond motifs is 1. The van der Waals surface area contributed by atoms with Crippen molar-refractivity contribution in [2.75, 3.05) is 13.2 Å². The van der Waals surface area contributed by atoms with Crippen LogP contribution < -0.4 is 0 Å². The maximum absolute atomic E-state index is 12.3. The smallest absolute Gasteiger partial charge is 0.158 e. The van der Waals surface area contributed by atoms with Gasteiger partial charge in [-0.15, -0.1) is 11.8 Å². The van der Waals surface area contributed by atoms with Crippen LogP contribution >= 0.6 is 15.9 Å². The lowest BCUT2D eigenvalue weighted by atomic mass is 9.81. The van der Waals surface area contributed by atoms with E-state index >= 15 is 0 Å². The highest BCUT2D eigenvalue weighted by Gasteiger charge is 2.49. The molecule has 0 N–H and O–H groups in total. The van der Waals surface area contributed by atoms with Crippen LogP contribution in [0.5, 0.6) is 0 Å². The summed E-state index contributed by atoms with van der Waals surface area (Å²) in [5.74, 6) is 7.86. The topological polar surface area (TPSA) is 54.0 Å². The molecule has 2 aliphatic heterocycles. The minimum Gasteiger partial charge on any atom is -0.353 e. The predicted molar refractivity (Wildman–Crippen MR) is 140 cm³/mol. The fourth-order valence-electron chi connectivity index (χ4n) is 6.16. The molecule has 35 heavy (non-hydrogen) atoms. The van der Waals surface area contributed by atoms with Gasteiger partial charge in [0.25, 0.3) is 0 Å². The number of ketones is 1. The van der Waals surface area contributed by atoms with Gasteiger partial charge in [0.05, 0.1) is 12.2 Å². The predicted octanol–water partition coefficient (Wildman–Crippen LogP) is 6.53. The highest BCUT2D eigenvalue weighted by molar-refractivity contribution is 9.11. The standard InChI is InChI=1S/C29H43BrO5/c1-4-5-8-13-29(2,3)28(35-27-12-7-10-15-33-27)24(30)19-23-22-18-21(31)16-20(22)17-25(23)34-26-11-6-9-14-32-26/h19-20,22-23,25-28H,4,6-7,9-18H2,1-3H3/t20-,22-,23-,25+,26?,27?,28+/m0/s1. The minimum atomic E-state index is -0.204. The van der Waals surface area contributed by atoms with Gasteiger partial charge in [-0.1, -0.05) is 42.8 Å². The van der Waals surface area contributed by atoms with Crippen LogP contribution in [0.4, 0.5) is 0 Å². The van der Waals surface area contributed by atoms with Crippen LogP contribution in [-0.2, 0) is 23.7 Å². The second-order valence-corrected chi connectivity index (χ2v) is 12.3. The summed E-state index contributed by atoms with van der Waals surface area (Å²) in [4.78, 5) is 12.3. The van der Waals surface area contributed by atoms with Gasteiger partial charge in [-0.2, -0.15) is 0 Å². The Morgan fingerprint density at radius 2 is 1.83 bits per heavy atom. The van der Waals surface area contributed by atoms with Crippen molar-refractivity contribution in [1.82, 2.24) is 0 Å². The molecular weight excluding hydrogens is 508 g/mol. The van der Waals surface area contributed by atoms with E-state index in [1.165, 1.54) is 0 Å². The van der Waals surface area contributed by atoms with Crippen LogP contribution in [0.25, 0.3) is 0 Å². The molecular formula is C29H43BrO5. The van der Waals surface area contributed by atoms with Crippen molar-refractivity contribution in [2.24, 2.45) is 23.2 Å². The van der Waals surface area contributed by atoms with Gasteiger partial charge in [0.2, 0.25) is 0 Å². The monoisotopic (exact) mass is 550 g/mol. The molecule has 7 atom stereocenters. The minimum absolute atomic E-state index is 0.0725. The first-order valence-electron chi connectivity index (χ1n) is 13.8. The molecule has 0 aromatic carbocycles. The summed E-state index contributed by atoms with van der Waals surface area (Å²) >= 11 is 3.95. The Morgan fingerprint density at radius 3 is 2.49 bits per heavy atom. The zero-order chi connectivity index (χ0) is 24.8. The summed E-state index contributed by atoms with van der Waals surface area (Å²) in [6.45, 7) is 8.05. The molecule has 0 bridgehead atoms. The van der Waals surface area contributed by atoms with E-state index in [0.717, 1.165) is 75.5 Å². The van der Waals surface area contributed by atoms with Gasteiger partial charge in [0.15, 0.2) is 12.6 Å². The zero-order valence-corrected chi connectivity index (χ0v) is 23.3. The number of ether oxygens (including phenoxy) is 4. The number of hydrogen-bond acceptors (Lipinski definition) is 5. The van der Waals surface area contributed by atoms with E-state index in [1.807, 2.05) is 0 Å². The van der Waals surface area contributed by atoms with Crippen molar-refractivity contribution >= 4 is 21.7 Å². The Labute approximate surface area is 220 Å². The molecule has 0 spiro atoms. The van der Waals surface area contributed by atoms with Crippen molar-refractivity contribution in [1.29, 1.82) is 0 Å². The molecule has 4 aliphatic rings.